The number of hydrogen-bond acceptors (Lipinski definition) is 6. The summed E-state index contributed by atoms with van der Waals surface area (Å²) >= 11 is 0. The fraction of sp³-hybridized carbons (Fsp3) is 0.438. The van der Waals surface area contributed by atoms with Gasteiger partial charge in [0, 0.05) is 26.7 Å². The van der Waals surface area contributed by atoms with Crippen LogP contribution < -0.4 is 5.32 Å². The maximum absolute atomic E-state index is 11.1. The standard InChI is InChI=1S/C16H21N5O3/c1-19-12-18-16(21(22)23)15(19)17-11-14(13-5-3-2-4-6-13)20-7-9-24-10-8-20/h2-6,12,14,17H,7-11H2,1H3/t14-/m1/s1. The molecule has 1 aliphatic rings. The van der Waals surface area contributed by atoms with Gasteiger partial charge >= 0.3 is 5.82 Å². The summed E-state index contributed by atoms with van der Waals surface area (Å²) < 4.78 is 7.08. The molecule has 0 unspecified atom stereocenters. The summed E-state index contributed by atoms with van der Waals surface area (Å²) in [5, 5.41) is 14.3. The highest BCUT2D eigenvalue weighted by Crippen LogP contribution is 2.25. The zero-order valence-corrected chi connectivity index (χ0v) is 13.6. The lowest BCUT2D eigenvalue weighted by atomic mass is 10.0. The Labute approximate surface area is 140 Å². The number of benzene rings is 1. The third-order valence-corrected chi connectivity index (χ3v) is 4.22. The van der Waals surface area contributed by atoms with Gasteiger partial charge in [0.05, 0.1) is 19.3 Å². The van der Waals surface area contributed by atoms with Gasteiger partial charge in [0.1, 0.15) is 0 Å². The van der Waals surface area contributed by atoms with Crippen LogP contribution in [0.5, 0.6) is 0 Å². The summed E-state index contributed by atoms with van der Waals surface area (Å²) in [5.41, 5.74) is 1.18. The molecule has 1 saturated heterocycles. The van der Waals surface area contributed by atoms with Gasteiger partial charge in [-0.25, -0.2) is 0 Å². The predicted octanol–water partition coefficient (Wildman–Crippen LogP) is 1.81. The van der Waals surface area contributed by atoms with Crippen LogP contribution in [0.4, 0.5) is 11.6 Å². The molecule has 1 atom stereocenters. The maximum Gasteiger partial charge on any atom is 0.406 e. The van der Waals surface area contributed by atoms with Gasteiger partial charge in [0.15, 0.2) is 0 Å². The Morgan fingerprint density at radius 1 is 1.33 bits per heavy atom. The summed E-state index contributed by atoms with van der Waals surface area (Å²) in [6, 6.07) is 10.3. The van der Waals surface area contributed by atoms with Crippen LogP contribution in [0.25, 0.3) is 0 Å². The quantitative estimate of drug-likeness (QED) is 0.642. The molecule has 1 aliphatic heterocycles. The van der Waals surface area contributed by atoms with Gasteiger partial charge in [-0.2, -0.15) is 0 Å². The van der Waals surface area contributed by atoms with Crippen LogP contribution in [0.3, 0.4) is 0 Å². The van der Waals surface area contributed by atoms with Gasteiger partial charge in [-0.05, 0) is 15.5 Å². The Balaban J connectivity index is 1.80. The van der Waals surface area contributed by atoms with Gasteiger partial charge in [-0.15, -0.1) is 0 Å². The Morgan fingerprint density at radius 3 is 2.71 bits per heavy atom. The SMILES string of the molecule is Cn1cnc([N+](=O)[O-])c1NC[C@H](c1ccccc1)N1CCOCC1. The molecule has 1 aromatic heterocycles. The second kappa shape index (κ2) is 7.41. The first-order chi connectivity index (χ1) is 11.7. The lowest BCUT2D eigenvalue weighted by molar-refractivity contribution is -0.388. The van der Waals surface area contributed by atoms with E-state index < -0.39 is 4.92 Å². The second-order valence-electron chi connectivity index (χ2n) is 5.74. The first-order valence-corrected chi connectivity index (χ1v) is 7.93. The van der Waals surface area contributed by atoms with Crippen LogP contribution in [0.15, 0.2) is 36.7 Å². The van der Waals surface area contributed by atoms with E-state index in [4.69, 9.17) is 4.74 Å². The molecule has 0 amide bonds. The van der Waals surface area contributed by atoms with E-state index in [1.54, 1.807) is 11.6 Å². The average Bonchev–Trinajstić information content (AvgIpc) is 2.98. The Morgan fingerprint density at radius 2 is 2.04 bits per heavy atom. The molecule has 1 N–H and O–H groups in total. The molecule has 128 valence electrons. The smallest absolute Gasteiger partial charge is 0.379 e. The molecule has 0 bridgehead atoms. The normalized spacial score (nSPS) is 16.7. The van der Waals surface area contributed by atoms with Gasteiger partial charge < -0.3 is 20.2 Å². The molecule has 8 nitrogen and oxygen atoms in total. The molecule has 2 aromatic rings. The fourth-order valence-corrected chi connectivity index (χ4v) is 2.97. The van der Waals surface area contributed by atoms with Gasteiger partial charge in [-0.1, -0.05) is 30.3 Å². The fourth-order valence-electron chi connectivity index (χ4n) is 2.97. The van der Waals surface area contributed by atoms with Crippen LogP contribution >= 0.6 is 0 Å². The van der Waals surface area contributed by atoms with E-state index in [0.717, 1.165) is 13.1 Å². The van der Waals surface area contributed by atoms with Crippen molar-refractivity contribution in [1.82, 2.24) is 14.5 Å². The molecule has 24 heavy (non-hydrogen) atoms. The van der Waals surface area contributed by atoms with Crippen molar-refractivity contribution in [2.45, 2.75) is 6.04 Å². The van der Waals surface area contributed by atoms with Crippen LogP contribution in [-0.4, -0.2) is 52.2 Å². The van der Waals surface area contributed by atoms with E-state index in [2.05, 4.69) is 27.3 Å². The number of hydrogen-bond donors (Lipinski definition) is 1. The summed E-state index contributed by atoms with van der Waals surface area (Å²) in [7, 11) is 1.74. The van der Waals surface area contributed by atoms with E-state index in [1.165, 1.54) is 11.9 Å². The molecule has 0 aliphatic carbocycles. The maximum atomic E-state index is 11.1. The summed E-state index contributed by atoms with van der Waals surface area (Å²) in [5.74, 6) is 0.278. The molecule has 8 heteroatoms. The van der Waals surface area contributed by atoms with Crippen molar-refractivity contribution in [2.75, 3.05) is 38.2 Å². The van der Waals surface area contributed by atoms with E-state index in [1.807, 2.05) is 18.2 Å². The van der Waals surface area contributed by atoms with E-state index in [0.29, 0.717) is 25.6 Å². The number of aromatic nitrogens is 2. The van der Waals surface area contributed by atoms with Crippen molar-refractivity contribution in [3.05, 3.63) is 52.3 Å². The molecule has 2 heterocycles. The summed E-state index contributed by atoms with van der Waals surface area (Å²) in [6.45, 7) is 3.65. The molecular formula is C16H21N5O3. The first kappa shape index (κ1) is 16.4. The topological polar surface area (TPSA) is 85.5 Å². The lowest BCUT2D eigenvalue weighted by Crippen LogP contribution is -2.41. The number of morpholine rings is 1. The lowest BCUT2D eigenvalue weighted by Gasteiger charge is -2.35. The van der Waals surface area contributed by atoms with Gasteiger partial charge in [0.25, 0.3) is 0 Å². The Kier molecular flexibility index (Phi) is 5.07. The third kappa shape index (κ3) is 3.55. The third-order valence-electron chi connectivity index (χ3n) is 4.22. The number of rotatable bonds is 6. The monoisotopic (exact) mass is 331 g/mol. The highest BCUT2D eigenvalue weighted by molar-refractivity contribution is 5.52. The number of ether oxygens (including phenoxy) is 1. The number of nitrogens with one attached hydrogen (secondary N) is 1. The van der Waals surface area contributed by atoms with Crippen molar-refractivity contribution in [2.24, 2.45) is 7.05 Å². The van der Waals surface area contributed by atoms with Crippen molar-refractivity contribution < 1.29 is 9.66 Å². The largest absolute Gasteiger partial charge is 0.406 e. The van der Waals surface area contributed by atoms with E-state index in [-0.39, 0.29) is 11.9 Å². The van der Waals surface area contributed by atoms with Crippen LogP contribution in [0, 0.1) is 10.1 Å². The van der Waals surface area contributed by atoms with E-state index >= 15 is 0 Å². The van der Waals surface area contributed by atoms with Gasteiger partial charge in [-0.3, -0.25) is 9.47 Å². The minimum Gasteiger partial charge on any atom is -0.379 e. The zero-order chi connectivity index (χ0) is 16.9. The predicted molar refractivity (Wildman–Crippen MR) is 89.9 cm³/mol. The molecule has 0 saturated carbocycles. The highest BCUT2D eigenvalue weighted by Gasteiger charge is 2.25. The van der Waals surface area contributed by atoms with Crippen molar-refractivity contribution in [1.29, 1.82) is 0 Å². The number of imidazole rings is 1. The number of nitro groups is 1. The van der Waals surface area contributed by atoms with Crippen molar-refractivity contribution in [3.63, 3.8) is 0 Å². The molecular weight excluding hydrogens is 310 g/mol. The number of nitrogens with zero attached hydrogens (tertiary/aromatic N) is 4. The molecule has 0 radical (unpaired) electrons. The second-order valence-corrected chi connectivity index (χ2v) is 5.74. The zero-order valence-electron chi connectivity index (χ0n) is 13.6. The number of aryl methyl sites for hydroxylation is 1. The van der Waals surface area contributed by atoms with Crippen molar-refractivity contribution >= 4 is 11.6 Å². The highest BCUT2D eigenvalue weighted by atomic mass is 16.6. The summed E-state index contributed by atoms with van der Waals surface area (Å²) in [6.07, 6.45) is 1.45. The first-order valence-electron chi connectivity index (χ1n) is 7.93. The van der Waals surface area contributed by atoms with Crippen LogP contribution in [0.2, 0.25) is 0 Å². The summed E-state index contributed by atoms with van der Waals surface area (Å²) in [4.78, 5) is 16.8. The van der Waals surface area contributed by atoms with Crippen LogP contribution in [-0.2, 0) is 11.8 Å². The van der Waals surface area contributed by atoms with Gasteiger partial charge in [0.2, 0.25) is 12.1 Å². The van der Waals surface area contributed by atoms with Crippen LogP contribution in [0.1, 0.15) is 11.6 Å². The van der Waals surface area contributed by atoms with E-state index in [9.17, 15) is 10.1 Å². The molecule has 1 fully saturated rings. The molecule has 0 spiro atoms. The molecule has 3 rings (SSSR count). The average molecular weight is 331 g/mol. The number of anilines is 1. The Hall–Kier alpha value is -2.45. The minimum absolute atomic E-state index is 0.115. The van der Waals surface area contributed by atoms with Crippen molar-refractivity contribution in [3.8, 4) is 0 Å². The molecule has 1 aromatic carbocycles. The minimum atomic E-state index is -0.464. The Bertz CT molecular complexity index is 682.